The quantitative estimate of drug-likeness (QED) is 0.505. The number of fused-ring (bicyclic) bond motifs is 1. The molecule has 0 N–H and O–H groups in total. The summed E-state index contributed by atoms with van der Waals surface area (Å²) in [5, 5.41) is 0. The Bertz CT molecular complexity index is 290. The van der Waals surface area contributed by atoms with Crippen LogP contribution >= 0.6 is 53.4 Å². The molecule has 0 nitrogen and oxygen atoms in total. The summed E-state index contributed by atoms with van der Waals surface area (Å²) in [6.07, 6.45) is 0. The van der Waals surface area contributed by atoms with Crippen molar-refractivity contribution in [2.75, 3.05) is 0 Å². The van der Waals surface area contributed by atoms with Crippen molar-refractivity contribution in [2.45, 2.75) is 13.9 Å². The van der Waals surface area contributed by atoms with Crippen LogP contribution in [0.25, 0.3) is 0 Å². The fourth-order valence-corrected chi connectivity index (χ4v) is 5.59. The van der Waals surface area contributed by atoms with E-state index < -0.39 is 0 Å². The first kappa shape index (κ1) is 9.44. The molecule has 0 saturated heterocycles. The van der Waals surface area contributed by atoms with Gasteiger partial charge in [0.25, 0.3) is 0 Å². The van der Waals surface area contributed by atoms with Crippen LogP contribution in [0.4, 0.5) is 0 Å². The molecule has 0 aromatic heterocycles. The molecule has 0 amide bonds. The Morgan fingerprint density at radius 3 is 2.75 bits per heavy atom. The van der Waals surface area contributed by atoms with Gasteiger partial charge in [0.05, 0.1) is 8.99 Å². The van der Waals surface area contributed by atoms with Gasteiger partial charge in [0.1, 0.15) is 0 Å². The van der Waals surface area contributed by atoms with E-state index in [9.17, 15) is 0 Å². The SMILES string of the molecule is BrC1SSc2ccccc2C1Br. The van der Waals surface area contributed by atoms with Gasteiger partial charge < -0.3 is 0 Å². The molecule has 4 heteroatoms. The maximum absolute atomic E-state index is 3.67. The minimum absolute atomic E-state index is 0.431. The van der Waals surface area contributed by atoms with Gasteiger partial charge in [0.2, 0.25) is 0 Å². The van der Waals surface area contributed by atoms with E-state index in [0.717, 1.165) is 0 Å². The Balaban J connectivity index is 2.42. The fraction of sp³-hybridized carbons (Fsp3) is 0.250. The Hall–Kier alpha value is 0.880. The standard InChI is InChI=1S/C8H6Br2S2/c9-7-5-3-1-2-4-6(5)11-12-8(7)10/h1-4,7-8H. The van der Waals surface area contributed by atoms with E-state index in [1.54, 1.807) is 0 Å². The lowest BCUT2D eigenvalue weighted by Crippen LogP contribution is -2.05. The van der Waals surface area contributed by atoms with E-state index in [4.69, 9.17) is 0 Å². The molecule has 0 aliphatic carbocycles. The fourth-order valence-electron chi connectivity index (χ4n) is 1.07. The van der Waals surface area contributed by atoms with Gasteiger partial charge in [-0.2, -0.15) is 0 Å². The summed E-state index contributed by atoms with van der Waals surface area (Å²) < 4.78 is 0.470. The second-order valence-electron chi connectivity index (χ2n) is 2.47. The summed E-state index contributed by atoms with van der Waals surface area (Å²) >= 11 is 7.29. The third-order valence-corrected chi connectivity index (χ3v) is 8.14. The maximum atomic E-state index is 3.67. The van der Waals surface area contributed by atoms with Crippen molar-refractivity contribution in [3.63, 3.8) is 0 Å². The number of halogens is 2. The van der Waals surface area contributed by atoms with Crippen LogP contribution in [-0.2, 0) is 0 Å². The van der Waals surface area contributed by atoms with Gasteiger partial charge in [-0.3, -0.25) is 0 Å². The smallest absolute Gasteiger partial charge is 0.0816 e. The molecule has 1 aliphatic rings. The van der Waals surface area contributed by atoms with Crippen LogP contribution in [-0.4, -0.2) is 4.16 Å². The summed E-state index contributed by atoms with van der Waals surface area (Å²) in [6, 6.07) is 8.51. The van der Waals surface area contributed by atoms with Crippen molar-refractivity contribution in [2.24, 2.45) is 0 Å². The third kappa shape index (κ3) is 1.72. The monoisotopic (exact) mass is 324 g/mol. The lowest BCUT2D eigenvalue weighted by Gasteiger charge is -2.24. The zero-order valence-corrected chi connectivity index (χ0v) is 10.8. The van der Waals surface area contributed by atoms with Gasteiger partial charge in [0, 0.05) is 4.90 Å². The third-order valence-electron chi connectivity index (χ3n) is 1.68. The normalized spacial score (nSPS) is 28.2. The highest BCUT2D eigenvalue weighted by Crippen LogP contribution is 2.53. The van der Waals surface area contributed by atoms with Gasteiger partial charge in [-0.05, 0) is 11.6 Å². The van der Waals surface area contributed by atoms with Gasteiger partial charge in [0.15, 0.2) is 0 Å². The van der Waals surface area contributed by atoms with Gasteiger partial charge in [-0.15, -0.1) is 0 Å². The maximum Gasteiger partial charge on any atom is 0.0872 e. The van der Waals surface area contributed by atoms with E-state index in [1.165, 1.54) is 10.5 Å². The van der Waals surface area contributed by atoms with Crippen LogP contribution in [0.1, 0.15) is 10.4 Å². The molecule has 2 atom stereocenters. The zero-order chi connectivity index (χ0) is 8.55. The first-order chi connectivity index (χ1) is 5.79. The van der Waals surface area contributed by atoms with Gasteiger partial charge in [-0.25, -0.2) is 0 Å². The molecule has 1 heterocycles. The van der Waals surface area contributed by atoms with Crippen LogP contribution < -0.4 is 0 Å². The zero-order valence-electron chi connectivity index (χ0n) is 6.04. The van der Waals surface area contributed by atoms with E-state index >= 15 is 0 Å². The largest absolute Gasteiger partial charge is 0.0872 e. The first-order valence-corrected chi connectivity index (χ1v) is 7.54. The second kappa shape index (κ2) is 3.95. The number of hydrogen-bond acceptors (Lipinski definition) is 2. The summed E-state index contributed by atoms with van der Waals surface area (Å²) in [5.74, 6) is 0. The summed E-state index contributed by atoms with van der Waals surface area (Å²) in [5.41, 5.74) is 1.39. The van der Waals surface area contributed by atoms with E-state index in [2.05, 4.69) is 56.1 Å². The van der Waals surface area contributed by atoms with Crippen LogP contribution in [0.15, 0.2) is 29.2 Å². The van der Waals surface area contributed by atoms with Crippen molar-refractivity contribution in [1.29, 1.82) is 0 Å². The summed E-state index contributed by atoms with van der Waals surface area (Å²) in [4.78, 5) is 1.81. The molecule has 0 bridgehead atoms. The average Bonchev–Trinajstić information content (AvgIpc) is 2.12. The molecule has 0 saturated carbocycles. The highest BCUT2D eigenvalue weighted by molar-refractivity contribution is 9.15. The van der Waals surface area contributed by atoms with E-state index in [0.29, 0.717) is 8.99 Å². The molecule has 0 spiro atoms. The van der Waals surface area contributed by atoms with Crippen molar-refractivity contribution < 1.29 is 0 Å². The van der Waals surface area contributed by atoms with Crippen LogP contribution in [0.3, 0.4) is 0 Å². The van der Waals surface area contributed by atoms with Crippen LogP contribution in [0, 0.1) is 0 Å². The molecule has 1 aromatic rings. The van der Waals surface area contributed by atoms with Crippen molar-refractivity contribution in [1.82, 2.24) is 0 Å². The highest BCUT2D eigenvalue weighted by Gasteiger charge is 2.26. The predicted molar refractivity (Wildman–Crippen MR) is 64.3 cm³/mol. The van der Waals surface area contributed by atoms with Crippen molar-refractivity contribution in [3.8, 4) is 0 Å². The lowest BCUT2D eigenvalue weighted by atomic mass is 10.2. The molecular formula is C8H6Br2S2. The Morgan fingerprint density at radius 1 is 1.17 bits per heavy atom. The summed E-state index contributed by atoms with van der Waals surface area (Å²) in [6.45, 7) is 0. The average molecular weight is 326 g/mol. The minimum Gasteiger partial charge on any atom is -0.0816 e. The Labute approximate surface area is 96.5 Å². The van der Waals surface area contributed by atoms with Crippen molar-refractivity contribution >= 4 is 53.4 Å². The number of benzene rings is 1. The van der Waals surface area contributed by atoms with Crippen molar-refractivity contribution in [3.05, 3.63) is 29.8 Å². The topological polar surface area (TPSA) is 0 Å². The molecule has 64 valence electrons. The minimum atomic E-state index is 0.431. The Morgan fingerprint density at radius 2 is 1.92 bits per heavy atom. The number of hydrogen-bond donors (Lipinski definition) is 0. The second-order valence-corrected chi connectivity index (χ2v) is 7.43. The number of alkyl halides is 2. The molecule has 2 rings (SSSR count). The lowest BCUT2D eigenvalue weighted by molar-refractivity contribution is 1.05. The molecular weight excluding hydrogens is 320 g/mol. The van der Waals surface area contributed by atoms with E-state index in [-0.39, 0.29) is 0 Å². The van der Waals surface area contributed by atoms with Gasteiger partial charge >= 0.3 is 0 Å². The molecule has 0 radical (unpaired) electrons. The predicted octanol–water partition coefficient (Wildman–Crippen LogP) is 4.60. The number of rotatable bonds is 0. The van der Waals surface area contributed by atoms with Gasteiger partial charge in [-0.1, -0.05) is 71.6 Å². The summed E-state index contributed by atoms with van der Waals surface area (Å²) in [7, 11) is 3.70. The molecule has 12 heavy (non-hydrogen) atoms. The molecule has 2 unspecified atom stereocenters. The van der Waals surface area contributed by atoms with E-state index in [1.807, 2.05) is 21.6 Å². The first-order valence-electron chi connectivity index (χ1n) is 3.49. The highest BCUT2D eigenvalue weighted by atomic mass is 79.9. The van der Waals surface area contributed by atoms with Crippen LogP contribution in [0.2, 0.25) is 0 Å². The molecule has 0 fully saturated rings. The molecule has 1 aliphatic heterocycles. The molecule has 1 aromatic carbocycles. The van der Waals surface area contributed by atoms with Crippen LogP contribution in [0.5, 0.6) is 0 Å². The Kier molecular flexibility index (Phi) is 3.10.